The number of ether oxygens (including phenoxy) is 1. The maximum Gasteiger partial charge on any atom is 0.412 e. The molecule has 0 aliphatic heterocycles. The van der Waals surface area contributed by atoms with Crippen LogP contribution >= 0.6 is 11.3 Å². The first kappa shape index (κ1) is 13.5. The van der Waals surface area contributed by atoms with Crippen molar-refractivity contribution in [2.24, 2.45) is 0 Å². The lowest BCUT2D eigenvalue weighted by Gasteiger charge is -2.19. The van der Waals surface area contributed by atoms with Gasteiger partial charge in [-0.15, -0.1) is 11.3 Å². The molecule has 0 aliphatic carbocycles. The van der Waals surface area contributed by atoms with Crippen molar-refractivity contribution in [1.82, 2.24) is 0 Å². The Morgan fingerprint density at radius 2 is 2.06 bits per heavy atom. The van der Waals surface area contributed by atoms with Crippen molar-refractivity contribution >= 4 is 34.6 Å². The van der Waals surface area contributed by atoms with Crippen LogP contribution in [0.15, 0.2) is 19.2 Å². The molecule has 92 valence electrons. The summed E-state index contributed by atoms with van der Waals surface area (Å²) in [4.78, 5) is 12.6. The summed E-state index contributed by atoms with van der Waals surface area (Å²) in [5.74, 6) is 0. The maximum atomic E-state index is 11.6. The minimum Gasteiger partial charge on any atom is -0.444 e. The summed E-state index contributed by atoms with van der Waals surface area (Å²) in [5, 5.41) is 3.44. The van der Waals surface area contributed by atoms with Gasteiger partial charge in [0, 0.05) is 10.4 Å². The van der Waals surface area contributed by atoms with Gasteiger partial charge in [0.2, 0.25) is 0 Å². The van der Waals surface area contributed by atoms with Crippen LogP contribution in [0.25, 0.3) is 12.2 Å². The fourth-order valence-electron chi connectivity index (χ4n) is 1.17. The first-order chi connectivity index (χ1) is 7.85. The molecule has 0 aromatic carbocycles. The third-order valence-electron chi connectivity index (χ3n) is 1.82. The Hall–Kier alpha value is -1.55. The number of amides is 1. The summed E-state index contributed by atoms with van der Waals surface area (Å²) in [6, 6.07) is 1.91. The van der Waals surface area contributed by atoms with Gasteiger partial charge >= 0.3 is 6.09 Å². The summed E-state index contributed by atoms with van der Waals surface area (Å²) >= 11 is 1.44. The predicted octanol–water partition coefficient (Wildman–Crippen LogP) is 4.38. The van der Waals surface area contributed by atoms with Crippen LogP contribution in [0.1, 0.15) is 31.2 Å². The number of rotatable bonds is 3. The molecule has 1 rings (SSSR count). The third-order valence-corrected chi connectivity index (χ3v) is 2.88. The molecule has 0 radical (unpaired) electrons. The normalized spacial score (nSPS) is 10.8. The second kappa shape index (κ2) is 5.19. The predicted molar refractivity (Wildman–Crippen MR) is 74.4 cm³/mol. The monoisotopic (exact) mass is 251 g/mol. The van der Waals surface area contributed by atoms with Gasteiger partial charge in [-0.1, -0.05) is 25.3 Å². The largest absolute Gasteiger partial charge is 0.444 e. The average Bonchev–Trinajstić information content (AvgIpc) is 2.57. The van der Waals surface area contributed by atoms with E-state index in [4.69, 9.17) is 4.74 Å². The quantitative estimate of drug-likeness (QED) is 0.865. The molecule has 1 aromatic heterocycles. The summed E-state index contributed by atoms with van der Waals surface area (Å²) in [7, 11) is 0. The number of carbonyl (C=O) groups excluding carboxylic acids is 1. The highest BCUT2D eigenvalue weighted by Crippen LogP contribution is 2.30. The van der Waals surface area contributed by atoms with Crippen LogP contribution in [0.5, 0.6) is 0 Å². The van der Waals surface area contributed by atoms with Crippen molar-refractivity contribution in [2.45, 2.75) is 26.4 Å². The van der Waals surface area contributed by atoms with Gasteiger partial charge in [0.1, 0.15) is 10.6 Å². The molecule has 0 spiro atoms. The molecule has 0 atom stereocenters. The van der Waals surface area contributed by atoms with Gasteiger partial charge in [0.05, 0.1) is 0 Å². The zero-order chi connectivity index (χ0) is 13.1. The molecular weight excluding hydrogens is 234 g/mol. The average molecular weight is 251 g/mol. The highest BCUT2D eigenvalue weighted by atomic mass is 32.1. The van der Waals surface area contributed by atoms with Gasteiger partial charge in [-0.05, 0) is 26.8 Å². The van der Waals surface area contributed by atoms with Crippen LogP contribution in [0.4, 0.5) is 9.80 Å². The molecule has 0 bridgehead atoms. The summed E-state index contributed by atoms with van der Waals surface area (Å²) in [6.07, 6.45) is 2.96. The van der Waals surface area contributed by atoms with Crippen LogP contribution in [-0.4, -0.2) is 11.7 Å². The highest BCUT2D eigenvalue weighted by Gasteiger charge is 2.17. The minimum atomic E-state index is -0.503. The number of anilines is 1. The van der Waals surface area contributed by atoms with Crippen molar-refractivity contribution in [3.05, 3.63) is 29.7 Å². The molecule has 1 N–H and O–H groups in total. The number of carbonyl (C=O) groups is 1. The van der Waals surface area contributed by atoms with Gasteiger partial charge in [-0.25, -0.2) is 4.79 Å². The van der Waals surface area contributed by atoms with Crippen LogP contribution in [0.3, 0.4) is 0 Å². The second-order valence-electron chi connectivity index (χ2n) is 4.47. The Balaban J connectivity index is 2.80. The van der Waals surface area contributed by atoms with E-state index in [1.165, 1.54) is 11.3 Å². The molecule has 0 fully saturated rings. The minimum absolute atomic E-state index is 0.460. The topological polar surface area (TPSA) is 38.3 Å². The summed E-state index contributed by atoms with van der Waals surface area (Å²) < 4.78 is 5.18. The van der Waals surface area contributed by atoms with Gasteiger partial charge in [-0.3, -0.25) is 5.32 Å². The number of hydrogen-bond acceptors (Lipinski definition) is 3. The number of nitrogens with one attached hydrogen (secondary N) is 1. The SMILES string of the molecule is C=Cc1cc(C=C)c(NC(=O)OC(C)(C)C)s1. The van der Waals surface area contributed by atoms with E-state index in [1.54, 1.807) is 12.2 Å². The van der Waals surface area contributed by atoms with Crippen molar-refractivity contribution in [2.75, 3.05) is 5.32 Å². The van der Waals surface area contributed by atoms with Gasteiger partial charge < -0.3 is 4.74 Å². The van der Waals surface area contributed by atoms with Gasteiger partial charge in [0.15, 0.2) is 0 Å². The molecule has 0 saturated heterocycles. The molecule has 17 heavy (non-hydrogen) atoms. The Kier molecular flexibility index (Phi) is 4.12. The van der Waals surface area contributed by atoms with Crippen LogP contribution < -0.4 is 5.32 Å². The molecule has 1 aromatic rings. The molecule has 4 heteroatoms. The molecular formula is C13H17NO2S. The first-order valence-corrected chi connectivity index (χ1v) is 6.06. The lowest BCUT2D eigenvalue weighted by molar-refractivity contribution is 0.0636. The van der Waals surface area contributed by atoms with E-state index >= 15 is 0 Å². The number of thiophene rings is 1. The lowest BCUT2D eigenvalue weighted by atomic mass is 10.2. The lowest BCUT2D eigenvalue weighted by Crippen LogP contribution is -2.27. The Bertz CT molecular complexity index is 441. The zero-order valence-corrected chi connectivity index (χ0v) is 11.2. The standard InChI is InChI=1S/C13H17NO2S/c1-6-9-8-10(7-2)17-11(9)14-12(15)16-13(3,4)5/h6-8H,1-2H2,3-5H3,(H,14,15). The highest BCUT2D eigenvalue weighted by molar-refractivity contribution is 7.17. The van der Waals surface area contributed by atoms with Crippen LogP contribution in [0, 0.1) is 0 Å². The van der Waals surface area contributed by atoms with Gasteiger partial charge in [0.25, 0.3) is 0 Å². The van der Waals surface area contributed by atoms with E-state index in [2.05, 4.69) is 18.5 Å². The van der Waals surface area contributed by atoms with E-state index in [0.29, 0.717) is 0 Å². The molecule has 0 unspecified atom stereocenters. The number of hydrogen-bond donors (Lipinski definition) is 1. The van der Waals surface area contributed by atoms with E-state index < -0.39 is 11.7 Å². The maximum absolute atomic E-state index is 11.6. The smallest absolute Gasteiger partial charge is 0.412 e. The van der Waals surface area contributed by atoms with E-state index in [9.17, 15) is 4.79 Å². The fourth-order valence-corrected chi connectivity index (χ4v) is 2.07. The molecule has 0 aliphatic rings. The molecule has 1 heterocycles. The third kappa shape index (κ3) is 4.07. The summed E-state index contributed by atoms with van der Waals surface area (Å²) in [5.41, 5.74) is 0.368. The molecule has 1 amide bonds. The van der Waals surface area contributed by atoms with E-state index in [1.807, 2.05) is 26.8 Å². The van der Waals surface area contributed by atoms with Crippen molar-refractivity contribution in [3.8, 4) is 0 Å². The second-order valence-corrected chi connectivity index (χ2v) is 5.55. The molecule has 3 nitrogen and oxygen atoms in total. The zero-order valence-electron chi connectivity index (χ0n) is 10.4. The molecule has 0 saturated carbocycles. The van der Waals surface area contributed by atoms with Crippen LogP contribution in [-0.2, 0) is 4.74 Å². The van der Waals surface area contributed by atoms with Crippen molar-refractivity contribution in [3.63, 3.8) is 0 Å². The van der Waals surface area contributed by atoms with Gasteiger partial charge in [-0.2, -0.15) is 0 Å². The summed E-state index contributed by atoms with van der Waals surface area (Å²) in [6.45, 7) is 12.9. The Morgan fingerprint density at radius 3 is 2.53 bits per heavy atom. The van der Waals surface area contributed by atoms with Crippen molar-refractivity contribution in [1.29, 1.82) is 0 Å². The first-order valence-electron chi connectivity index (χ1n) is 5.24. The Labute approximate surface area is 106 Å². The van der Waals surface area contributed by atoms with Crippen LogP contribution in [0.2, 0.25) is 0 Å². The van der Waals surface area contributed by atoms with Crippen molar-refractivity contribution < 1.29 is 9.53 Å². The van der Waals surface area contributed by atoms with E-state index in [0.717, 1.165) is 15.4 Å². The fraction of sp³-hybridized carbons (Fsp3) is 0.308. The Morgan fingerprint density at radius 1 is 1.41 bits per heavy atom. The van der Waals surface area contributed by atoms with E-state index in [-0.39, 0.29) is 0 Å².